The lowest BCUT2D eigenvalue weighted by molar-refractivity contribution is -0.140. The number of benzene rings is 2. The molecule has 0 saturated carbocycles. The van der Waals surface area contributed by atoms with Crippen LogP contribution in [0, 0.1) is 0 Å². The summed E-state index contributed by atoms with van der Waals surface area (Å²) < 4.78 is 1.81. The normalized spacial score (nSPS) is 12.4. The summed E-state index contributed by atoms with van der Waals surface area (Å²) in [6, 6.07) is 17.0. The van der Waals surface area contributed by atoms with Gasteiger partial charge in [0.1, 0.15) is 11.9 Å². The average molecular weight is 280 g/mol. The topological polar surface area (TPSA) is 55.1 Å². The van der Waals surface area contributed by atoms with Crippen molar-refractivity contribution in [3.8, 4) is 0 Å². The Morgan fingerprint density at radius 3 is 2.52 bits per heavy atom. The third-order valence-electron chi connectivity index (χ3n) is 3.62. The molecule has 1 N–H and O–H groups in total. The lowest BCUT2D eigenvalue weighted by Gasteiger charge is -2.13. The lowest BCUT2D eigenvalue weighted by atomic mass is 10.1. The zero-order valence-corrected chi connectivity index (χ0v) is 11.7. The number of carboxylic acids is 1. The molecule has 1 unspecified atom stereocenters. The SMILES string of the molecule is CC(C(=O)O)n1c(Cc2ccccc2)nc2ccccc21. The molecule has 3 aromatic rings. The molecule has 0 saturated heterocycles. The number of carboxylic acid groups (broad SMARTS) is 1. The maximum atomic E-state index is 11.4. The fourth-order valence-corrected chi connectivity index (χ4v) is 2.54. The number of aliphatic carboxylic acids is 1. The molecule has 2 aromatic carbocycles. The molecule has 0 fully saturated rings. The fraction of sp³-hybridized carbons (Fsp3) is 0.176. The van der Waals surface area contributed by atoms with Crippen molar-refractivity contribution in [2.24, 2.45) is 0 Å². The largest absolute Gasteiger partial charge is 0.480 e. The molecule has 0 amide bonds. The molecule has 0 aliphatic heterocycles. The van der Waals surface area contributed by atoms with E-state index < -0.39 is 12.0 Å². The monoisotopic (exact) mass is 280 g/mol. The maximum Gasteiger partial charge on any atom is 0.326 e. The summed E-state index contributed by atoms with van der Waals surface area (Å²) in [5.74, 6) is -0.0789. The molecular weight excluding hydrogens is 264 g/mol. The predicted octanol–water partition coefficient (Wildman–Crippen LogP) is 3.27. The Balaban J connectivity index is 2.12. The molecule has 3 rings (SSSR count). The maximum absolute atomic E-state index is 11.4. The predicted molar refractivity (Wildman–Crippen MR) is 81.3 cm³/mol. The summed E-state index contributed by atoms with van der Waals surface area (Å²) in [6.07, 6.45) is 0.618. The van der Waals surface area contributed by atoms with E-state index >= 15 is 0 Å². The van der Waals surface area contributed by atoms with Gasteiger partial charge in [0.2, 0.25) is 0 Å². The van der Waals surface area contributed by atoms with Gasteiger partial charge in [0.15, 0.2) is 0 Å². The summed E-state index contributed by atoms with van der Waals surface area (Å²) >= 11 is 0. The Hall–Kier alpha value is -2.62. The Labute approximate surface area is 122 Å². The van der Waals surface area contributed by atoms with Crippen LogP contribution in [-0.2, 0) is 11.2 Å². The van der Waals surface area contributed by atoms with Crippen LogP contribution >= 0.6 is 0 Å². The molecule has 0 aliphatic rings. The van der Waals surface area contributed by atoms with Gasteiger partial charge in [-0.15, -0.1) is 0 Å². The smallest absolute Gasteiger partial charge is 0.326 e. The molecule has 0 bridgehead atoms. The van der Waals surface area contributed by atoms with Crippen LogP contribution in [0.4, 0.5) is 0 Å². The van der Waals surface area contributed by atoms with Crippen molar-refractivity contribution in [2.75, 3.05) is 0 Å². The van der Waals surface area contributed by atoms with Gasteiger partial charge in [0, 0.05) is 6.42 Å². The molecular formula is C17H16N2O2. The van der Waals surface area contributed by atoms with Gasteiger partial charge in [-0.25, -0.2) is 9.78 Å². The highest BCUT2D eigenvalue weighted by atomic mass is 16.4. The zero-order valence-electron chi connectivity index (χ0n) is 11.7. The minimum absolute atomic E-state index is 0.618. The zero-order chi connectivity index (χ0) is 14.8. The van der Waals surface area contributed by atoms with Crippen LogP contribution in [0.5, 0.6) is 0 Å². The van der Waals surface area contributed by atoms with Gasteiger partial charge >= 0.3 is 5.97 Å². The van der Waals surface area contributed by atoms with E-state index in [2.05, 4.69) is 4.98 Å². The van der Waals surface area contributed by atoms with E-state index in [1.807, 2.05) is 59.2 Å². The Bertz CT molecular complexity index is 778. The van der Waals surface area contributed by atoms with Gasteiger partial charge in [-0.3, -0.25) is 0 Å². The van der Waals surface area contributed by atoms with E-state index in [9.17, 15) is 9.90 Å². The number of carbonyl (C=O) groups is 1. The number of hydrogen-bond donors (Lipinski definition) is 1. The van der Waals surface area contributed by atoms with E-state index in [0.717, 1.165) is 22.4 Å². The highest BCUT2D eigenvalue weighted by Crippen LogP contribution is 2.23. The number of hydrogen-bond acceptors (Lipinski definition) is 2. The quantitative estimate of drug-likeness (QED) is 0.798. The van der Waals surface area contributed by atoms with Gasteiger partial charge in [-0.2, -0.15) is 0 Å². The first kappa shape index (κ1) is 13.4. The first-order chi connectivity index (χ1) is 10.2. The molecule has 0 radical (unpaired) electrons. The molecule has 4 heteroatoms. The van der Waals surface area contributed by atoms with Crippen molar-refractivity contribution in [2.45, 2.75) is 19.4 Å². The third kappa shape index (κ3) is 2.52. The highest BCUT2D eigenvalue weighted by molar-refractivity contribution is 5.80. The molecule has 1 atom stereocenters. The highest BCUT2D eigenvalue weighted by Gasteiger charge is 2.20. The van der Waals surface area contributed by atoms with Crippen molar-refractivity contribution in [1.29, 1.82) is 0 Å². The number of imidazole rings is 1. The summed E-state index contributed by atoms with van der Waals surface area (Å²) in [5, 5.41) is 9.36. The lowest BCUT2D eigenvalue weighted by Crippen LogP contribution is -2.18. The van der Waals surface area contributed by atoms with Crippen LogP contribution in [0.2, 0.25) is 0 Å². The van der Waals surface area contributed by atoms with Crippen LogP contribution in [-0.4, -0.2) is 20.6 Å². The van der Waals surface area contributed by atoms with E-state index in [1.54, 1.807) is 6.92 Å². The summed E-state index contributed by atoms with van der Waals surface area (Å²) in [5.41, 5.74) is 2.81. The average Bonchev–Trinajstić information content (AvgIpc) is 2.85. The minimum atomic E-state index is -0.854. The number of aromatic nitrogens is 2. The summed E-state index contributed by atoms with van der Waals surface area (Å²) in [6.45, 7) is 1.69. The van der Waals surface area contributed by atoms with Crippen molar-refractivity contribution in [1.82, 2.24) is 9.55 Å². The Morgan fingerprint density at radius 2 is 1.81 bits per heavy atom. The van der Waals surface area contributed by atoms with Crippen LogP contribution in [0.25, 0.3) is 11.0 Å². The van der Waals surface area contributed by atoms with Crippen molar-refractivity contribution in [3.05, 3.63) is 66.0 Å². The van der Waals surface area contributed by atoms with E-state index in [-0.39, 0.29) is 0 Å². The second-order valence-electron chi connectivity index (χ2n) is 5.06. The molecule has 0 aliphatic carbocycles. The fourth-order valence-electron chi connectivity index (χ4n) is 2.54. The van der Waals surface area contributed by atoms with Gasteiger partial charge in [-0.05, 0) is 24.6 Å². The van der Waals surface area contributed by atoms with E-state index in [4.69, 9.17) is 0 Å². The van der Waals surface area contributed by atoms with Crippen LogP contribution in [0.15, 0.2) is 54.6 Å². The first-order valence-corrected chi connectivity index (χ1v) is 6.89. The molecule has 0 spiro atoms. The molecule has 4 nitrogen and oxygen atoms in total. The van der Waals surface area contributed by atoms with Gasteiger partial charge in [0.25, 0.3) is 0 Å². The van der Waals surface area contributed by atoms with Crippen molar-refractivity contribution < 1.29 is 9.90 Å². The van der Waals surface area contributed by atoms with Crippen molar-refractivity contribution in [3.63, 3.8) is 0 Å². The molecule has 1 heterocycles. The first-order valence-electron chi connectivity index (χ1n) is 6.89. The minimum Gasteiger partial charge on any atom is -0.480 e. The number of para-hydroxylation sites is 2. The standard InChI is InChI=1S/C17H16N2O2/c1-12(17(20)21)19-15-10-6-5-9-14(15)18-16(19)11-13-7-3-2-4-8-13/h2-10,12H,11H2,1H3,(H,20,21). The molecule has 21 heavy (non-hydrogen) atoms. The van der Waals surface area contributed by atoms with Gasteiger partial charge < -0.3 is 9.67 Å². The van der Waals surface area contributed by atoms with Crippen LogP contribution in [0.3, 0.4) is 0 Å². The summed E-state index contributed by atoms with van der Waals surface area (Å²) in [4.78, 5) is 16.0. The number of rotatable bonds is 4. The van der Waals surface area contributed by atoms with Crippen LogP contribution in [0.1, 0.15) is 24.4 Å². The van der Waals surface area contributed by atoms with Gasteiger partial charge in [-0.1, -0.05) is 42.5 Å². The third-order valence-corrected chi connectivity index (χ3v) is 3.62. The van der Waals surface area contributed by atoms with E-state index in [0.29, 0.717) is 6.42 Å². The van der Waals surface area contributed by atoms with Crippen LogP contribution < -0.4 is 0 Å². The number of fused-ring (bicyclic) bond motifs is 1. The van der Waals surface area contributed by atoms with Gasteiger partial charge in [0.05, 0.1) is 11.0 Å². The Kier molecular flexibility index (Phi) is 3.44. The second-order valence-corrected chi connectivity index (χ2v) is 5.06. The Morgan fingerprint density at radius 1 is 1.14 bits per heavy atom. The molecule has 1 aromatic heterocycles. The summed E-state index contributed by atoms with van der Waals surface area (Å²) in [7, 11) is 0. The van der Waals surface area contributed by atoms with E-state index in [1.165, 1.54) is 0 Å². The molecule has 106 valence electrons. The van der Waals surface area contributed by atoms with Crippen molar-refractivity contribution >= 4 is 17.0 Å². The number of nitrogens with zero attached hydrogens (tertiary/aromatic N) is 2. The second kappa shape index (κ2) is 5.40.